The molecule has 1 aliphatic heterocycles. The molecule has 0 radical (unpaired) electrons. The smallest absolute Gasteiger partial charge is 0.0547 e. The number of pyridine rings is 1. The van der Waals surface area contributed by atoms with Gasteiger partial charge in [-0.3, -0.25) is 9.88 Å². The van der Waals surface area contributed by atoms with Gasteiger partial charge in [-0.25, -0.2) is 0 Å². The maximum Gasteiger partial charge on any atom is 0.0547 e. The van der Waals surface area contributed by atoms with Gasteiger partial charge in [-0.1, -0.05) is 6.07 Å². The lowest BCUT2D eigenvalue weighted by molar-refractivity contribution is 0.0642. The Kier molecular flexibility index (Phi) is 2.26. The quantitative estimate of drug-likeness (QED) is 0.790. The van der Waals surface area contributed by atoms with Gasteiger partial charge in [-0.2, -0.15) is 0 Å². The highest BCUT2D eigenvalue weighted by molar-refractivity contribution is 5.27. The molecule has 0 aromatic carbocycles. The van der Waals surface area contributed by atoms with Crippen LogP contribution in [0, 0.1) is 5.92 Å². The summed E-state index contributed by atoms with van der Waals surface area (Å²) < 4.78 is 0. The normalized spacial score (nSPS) is 27.9. The minimum Gasteiger partial charge on any atom is -0.294 e. The van der Waals surface area contributed by atoms with Crippen molar-refractivity contribution in [2.24, 2.45) is 5.92 Å². The molecule has 2 heterocycles. The zero-order valence-electron chi connectivity index (χ0n) is 10.4. The number of likely N-dealkylation sites (tertiary alicyclic amines) is 1. The average molecular weight is 228 g/mol. The van der Waals surface area contributed by atoms with Crippen LogP contribution in [0.15, 0.2) is 12.1 Å². The maximum atomic E-state index is 4.85. The number of hydrogen-bond acceptors (Lipinski definition) is 2. The van der Waals surface area contributed by atoms with E-state index in [1.54, 1.807) is 0 Å². The summed E-state index contributed by atoms with van der Waals surface area (Å²) in [5.41, 5.74) is 4.18. The van der Waals surface area contributed by atoms with Crippen LogP contribution >= 0.6 is 0 Å². The van der Waals surface area contributed by atoms with Gasteiger partial charge in [0, 0.05) is 24.8 Å². The van der Waals surface area contributed by atoms with Gasteiger partial charge in [0.25, 0.3) is 0 Å². The van der Waals surface area contributed by atoms with Gasteiger partial charge in [0.2, 0.25) is 0 Å². The van der Waals surface area contributed by atoms with E-state index in [2.05, 4.69) is 17.0 Å². The Balaban J connectivity index is 1.48. The van der Waals surface area contributed by atoms with E-state index in [0.29, 0.717) is 0 Å². The second-order valence-corrected chi connectivity index (χ2v) is 5.93. The van der Waals surface area contributed by atoms with Crippen molar-refractivity contribution in [3.05, 3.63) is 29.1 Å². The Morgan fingerprint density at radius 2 is 2.12 bits per heavy atom. The van der Waals surface area contributed by atoms with Crippen LogP contribution in [0.25, 0.3) is 0 Å². The molecule has 4 rings (SSSR count). The van der Waals surface area contributed by atoms with Crippen molar-refractivity contribution in [3.8, 4) is 0 Å². The molecule has 1 saturated heterocycles. The molecule has 1 atom stereocenters. The third-order valence-electron chi connectivity index (χ3n) is 4.70. The molecule has 90 valence electrons. The highest BCUT2D eigenvalue weighted by Gasteiger charge is 2.40. The Hall–Kier alpha value is -0.890. The molecule has 1 unspecified atom stereocenters. The fourth-order valence-electron chi connectivity index (χ4n) is 3.43. The molecule has 0 N–H and O–H groups in total. The summed E-state index contributed by atoms with van der Waals surface area (Å²) in [4.78, 5) is 7.49. The van der Waals surface area contributed by atoms with Crippen LogP contribution in [0.5, 0.6) is 0 Å². The van der Waals surface area contributed by atoms with E-state index < -0.39 is 0 Å². The lowest BCUT2D eigenvalue weighted by Crippen LogP contribution is -2.48. The van der Waals surface area contributed by atoms with Crippen LogP contribution in [-0.2, 0) is 19.4 Å². The summed E-state index contributed by atoms with van der Waals surface area (Å²) in [7, 11) is 0. The van der Waals surface area contributed by atoms with E-state index in [1.807, 2.05) is 0 Å². The van der Waals surface area contributed by atoms with Crippen LogP contribution in [0.2, 0.25) is 0 Å². The molecule has 0 amide bonds. The van der Waals surface area contributed by atoms with Crippen molar-refractivity contribution in [3.63, 3.8) is 0 Å². The lowest BCUT2D eigenvalue weighted by atomic mass is 9.98. The summed E-state index contributed by atoms with van der Waals surface area (Å²) in [5, 5.41) is 0. The first-order valence-corrected chi connectivity index (χ1v) is 7.12. The van der Waals surface area contributed by atoms with Crippen LogP contribution < -0.4 is 0 Å². The first-order valence-electron chi connectivity index (χ1n) is 7.12. The van der Waals surface area contributed by atoms with Gasteiger partial charge in [0.15, 0.2) is 0 Å². The van der Waals surface area contributed by atoms with E-state index in [4.69, 9.17) is 4.98 Å². The van der Waals surface area contributed by atoms with Gasteiger partial charge in [-0.15, -0.1) is 0 Å². The first kappa shape index (κ1) is 10.1. The number of fused-ring (bicyclic) bond motifs is 1. The Labute approximate surface area is 103 Å². The Bertz CT molecular complexity index is 437. The van der Waals surface area contributed by atoms with Gasteiger partial charge in [-0.05, 0) is 56.1 Å². The van der Waals surface area contributed by atoms with Gasteiger partial charge in [0.1, 0.15) is 0 Å². The number of aromatic nitrogens is 1. The van der Waals surface area contributed by atoms with Gasteiger partial charge < -0.3 is 0 Å². The first-order chi connectivity index (χ1) is 8.40. The fraction of sp³-hybridized carbons (Fsp3) is 0.667. The number of hydrogen-bond donors (Lipinski definition) is 0. The summed E-state index contributed by atoms with van der Waals surface area (Å²) in [5.74, 6) is 1.03. The molecule has 1 saturated carbocycles. The van der Waals surface area contributed by atoms with Crippen LogP contribution in [-0.4, -0.2) is 22.5 Å². The third-order valence-corrected chi connectivity index (χ3v) is 4.70. The minimum atomic E-state index is 0.894. The maximum absolute atomic E-state index is 4.85. The van der Waals surface area contributed by atoms with E-state index in [-0.39, 0.29) is 0 Å². The molecule has 2 heteroatoms. The van der Waals surface area contributed by atoms with Crippen molar-refractivity contribution in [1.29, 1.82) is 0 Å². The summed E-state index contributed by atoms with van der Waals surface area (Å²) in [6, 6.07) is 5.47. The average Bonchev–Trinajstić information content (AvgIpc) is 3.01. The summed E-state index contributed by atoms with van der Waals surface area (Å²) in [6.45, 7) is 2.38. The molecule has 3 aliphatic rings. The molecule has 0 bridgehead atoms. The van der Waals surface area contributed by atoms with Crippen molar-refractivity contribution in [1.82, 2.24) is 9.88 Å². The SMILES string of the molecule is c1cc2c(nc1CN1CCC1C1CC1)CCC2. The molecular weight excluding hydrogens is 208 g/mol. The second kappa shape index (κ2) is 3.81. The fourth-order valence-corrected chi connectivity index (χ4v) is 3.43. The highest BCUT2D eigenvalue weighted by Crippen LogP contribution is 2.41. The van der Waals surface area contributed by atoms with Crippen molar-refractivity contribution < 1.29 is 0 Å². The Morgan fingerprint density at radius 1 is 1.18 bits per heavy atom. The summed E-state index contributed by atoms with van der Waals surface area (Å²) >= 11 is 0. The molecule has 0 spiro atoms. The largest absolute Gasteiger partial charge is 0.294 e. The number of rotatable bonds is 3. The number of aryl methyl sites for hydroxylation is 2. The second-order valence-electron chi connectivity index (χ2n) is 5.93. The van der Waals surface area contributed by atoms with E-state index in [1.165, 1.54) is 62.0 Å². The molecule has 2 nitrogen and oxygen atoms in total. The van der Waals surface area contributed by atoms with Crippen LogP contribution in [0.4, 0.5) is 0 Å². The van der Waals surface area contributed by atoms with Crippen molar-refractivity contribution >= 4 is 0 Å². The molecule has 1 aromatic rings. The molecule has 2 aliphatic carbocycles. The standard InChI is InChI=1S/C15H20N2/c1-2-11-6-7-13(16-14(11)3-1)10-17-9-8-15(17)12-4-5-12/h6-7,12,15H,1-5,8-10H2. The molecule has 17 heavy (non-hydrogen) atoms. The van der Waals surface area contributed by atoms with Crippen LogP contribution in [0.3, 0.4) is 0 Å². The van der Waals surface area contributed by atoms with Crippen molar-refractivity contribution in [2.75, 3.05) is 6.54 Å². The van der Waals surface area contributed by atoms with E-state index in [9.17, 15) is 0 Å². The molecule has 1 aromatic heterocycles. The van der Waals surface area contributed by atoms with Crippen LogP contribution in [0.1, 0.15) is 42.6 Å². The zero-order chi connectivity index (χ0) is 11.2. The molecular formula is C15H20N2. The Morgan fingerprint density at radius 3 is 2.88 bits per heavy atom. The monoisotopic (exact) mass is 228 g/mol. The minimum absolute atomic E-state index is 0.894. The van der Waals surface area contributed by atoms with E-state index >= 15 is 0 Å². The van der Waals surface area contributed by atoms with Gasteiger partial charge >= 0.3 is 0 Å². The lowest BCUT2D eigenvalue weighted by Gasteiger charge is -2.41. The predicted molar refractivity (Wildman–Crippen MR) is 67.8 cm³/mol. The number of nitrogens with zero attached hydrogens (tertiary/aromatic N) is 2. The summed E-state index contributed by atoms with van der Waals surface area (Å²) in [6.07, 6.45) is 8.12. The molecule has 2 fully saturated rings. The van der Waals surface area contributed by atoms with E-state index in [0.717, 1.165) is 18.5 Å². The topological polar surface area (TPSA) is 16.1 Å². The van der Waals surface area contributed by atoms with Crippen molar-refractivity contribution in [2.45, 2.75) is 51.1 Å². The highest BCUT2D eigenvalue weighted by atomic mass is 15.2. The zero-order valence-corrected chi connectivity index (χ0v) is 10.4. The third kappa shape index (κ3) is 1.79. The van der Waals surface area contributed by atoms with Gasteiger partial charge in [0.05, 0.1) is 5.69 Å². The predicted octanol–water partition coefficient (Wildman–Crippen LogP) is 2.55.